The first-order chi connectivity index (χ1) is 4.95. The van der Waals surface area contributed by atoms with Crippen molar-refractivity contribution in [1.82, 2.24) is 14.8 Å². The van der Waals surface area contributed by atoms with Crippen molar-refractivity contribution in [3.05, 3.63) is 12.7 Å². The van der Waals surface area contributed by atoms with E-state index in [4.69, 9.17) is 4.74 Å². The standard InChI is InChI=1S/C6H9N3O/c1(6-3-10-6)2-9-5-7-4-8-9/h4-6H,1-3H2/t6-/m0/s1. The van der Waals surface area contributed by atoms with Crippen molar-refractivity contribution in [3.63, 3.8) is 0 Å². The summed E-state index contributed by atoms with van der Waals surface area (Å²) in [5, 5.41) is 3.97. The monoisotopic (exact) mass is 139 g/mol. The Morgan fingerprint density at radius 3 is 3.20 bits per heavy atom. The first-order valence-corrected chi connectivity index (χ1v) is 3.39. The molecule has 0 spiro atoms. The second-order valence-electron chi connectivity index (χ2n) is 2.40. The molecule has 1 aromatic rings. The molecule has 10 heavy (non-hydrogen) atoms. The van der Waals surface area contributed by atoms with Crippen LogP contribution in [0.2, 0.25) is 0 Å². The molecule has 1 aliphatic heterocycles. The van der Waals surface area contributed by atoms with E-state index in [-0.39, 0.29) is 0 Å². The van der Waals surface area contributed by atoms with E-state index in [0.717, 1.165) is 19.6 Å². The molecule has 1 saturated heterocycles. The van der Waals surface area contributed by atoms with Gasteiger partial charge in [0.2, 0.25) is 0 Å². The lowest BCUT2D eigenvalue weighted by Gasteiger charge is -1.94. The van der Waals surface area contributed by atoms with Gasteiger partial charge < -0.3 is 4.74 Å². The van der Waals surface area contributed by atoms with Crippen LogP contribution in [-0.4, -0.2) is 27.5 Å². The molecule has 4 nitrogen and oxygen atoms in total. The molecule has 4 heteroatoms. The number of ether oxygens (including phenoxy) is 1. The quantitative estimate of drug-likeness (QED) is 0.556. The molecule has 0 bridgehead atoms. The van der Waals surface area contributed by atoms with Crippen LogP contribution in [0.3, 0.4) is 0 Å². The minimum absolute atomic E-state index is 0.490. The van der Waals surface area contributed by atoms with Gasteiger partial charge >= 0.3 is 0 Å². The number of hydrogen-bond acceptors (Lipinski definition) is 3. The summed E-state index contributed by atoms with van der Waals surface area (Å²) in [6, 6.07) is 0. The van der Waals surface area contributed by atoms with E-state index in [2.05, 4.69) is 10.1 Å². The van der Waals surface area contributed by atoms with Crippen molar-refractivity contribution in [3.8, 4) is 0 Å². The molecule has 2 rings (SSSR count). The minimum Gasteiger partial charge on any atom is -0.373 e. The van der Waals surface area contributed by atoms with Crippen LogP contribution in [-0.2, 0) is 11.3 Å². The summed E-state index contributed by atoms with van der Waals surface area (Å²) in [6.45, 7) is 1.85. The number of hydrogen-bond donors (Lipinski definition) is 0. The average molecular weight is 139 g/mol. The van der Waals surface area contributed by atoms with Crippen LogP contribution < -0.4 is 0 Å². The predicted molar refractivity (Wildman–Crippen MR) is 34.4 cm³/mol. The van der Waals surface area contributed by atoms with Gasteiger partial charge in [-0.05, 0) is 6.42 Å². The number of epoxide rings is 1. The third kappa shape index (κ3) is 1.33. The van der Waals surface area contributed by atoms with Gasteiger partial charge in [-0.2, -0.15) is 5.10 Å². The van der Waals surface area contributed by atoms with E-state index >= 15 is 0 Å². The van der Waals surface area contributed by atoms with E-state index in [1.165, 1.54) is 0 Å². The van der Waals surface area contributed by atoms with Crippen molar-refractivity contribution >= 4 is 0 Å². The van der Waals surface area contributed by atoms with Gasteiger partial charge in [-0.1, -0.05) is 0 Å². The molecule has 0 unspecified atom stereocenters. The molecule has 0 saturated carbocycles. The lowest BCUT2D eigenvalue weighted by atomic mass is 10.3. The van der Waals surface area contributed by atoms with Crippen LogP contribution in [0.1, 0.15) is 6.42 Å². The maximum absolute atomic E-state index is 5.05. The molecule has 1 atom stereocenters. The topological polar surface area (TPSA) is 43.2 Å². The summed E-state index contributed by atoms with van der Waals surface area (Å²) in [5.74, 6) is 0. The van der Waals surface area contributed by atoms with Gasteiger partial charge in [0.05, 0.1) is 12.7 Å². The normalized spacial score (nSPS) is 23.0. The number of rotatable bonds is 3. The highest BCUT2D eigenvalue weighted by atomic mass is 16.6. The Hall–Kier alpha value is -0.900. The first kappa shape index (κ1) is 5.85. The van der Waals surface area contributed by atoms with Crippen molar-refractivity contribution < 1.29 is 4.74 Å². The second kappa shape index (κ2) is 2.38. The summed E-state index contributed by atoms with van der Waals surface area (Å²) in [4.78, 5) is 3.83. The SMILES string of the molecule is c1ncn(CC[C@H]2CO2)n1. The van der Waals surface area contributed by atoms with Crippen molar-refractivity contribution in [2.75, 3.05) is 6.61 Å². The second-order valence-corrected chi connectivity index (χ2v) is 2.40. The molecule has 0 N–H and O–H groups in total. The molecule has 54 valence electrons. The van der Waals surface area contributed by atoms with E-state index in [0.29, 0.717) is 6.10 Å². The van der Waals surface area contributed by atoms with Crippen LogP contribution in [0.5, 0.6) is 0 Å². The van der Waals surface area contributed by atoms with Gasteiger partial charge in [0.1, 0.15) is 12.7 Å². The Morgan fingerprint density at radius 1 is 1.70 bits per heavy atom. The molecule has 1 fully saturated rings. The minimum atomic E-state index is 0.490. The van der Waals surface area contributed by atoms with Crippen LogP contribution in [0, 0.1) is 0 Å². The van der Waals surface area contributed by atoms with Crippen molar-refractivity contribution in [2.45, 2.75) is 19.1 Å². The van der Waals surface area contributed by atoms with Crippen molar-refractivity contribution in [2.24, 2.45) is 0 Å². The Bertz CT molecular complexity index is 193. The maximum Gasteiger partial charge on any atom is 0.137 e. The number of nitrogens with zero attached hydrogens (tertiary/aromatic N) is 3. The summed E-state index contributed by atoms with van der Waals surface area (Å²) in [5.41, 5.74) is 0. The molecule has 2 heterocycles. The Labute approximate surface area is 58.8 Å². The van der Waals surface area contributed by atoms with Crippen LogP contribution in [0.15, 0.2) is 12.7 Å². The summed E-state index contributed by atoms with van der Waals surface area (Å²) >= 11 is 0. The molecular formula is C6H9N3O. The molecule has 0 amide bonds. The molecule has 1 aromatic heterocycles. The van der Waals surface area contributed by atoms with E-state index in [9.17, 15) is 0 Å². The van der Waals surface area contributed by atoms with Gasteiger partial charge in [0.25, 0.3) is 0 Å². The van der Waals surface area contributed by atoms with Gasteiger partial charge in [0.15, 0.2) is 0 Å². The third-order valence-electron chi connectivity index (χ3n) is 1.55. The molecule has 0 aliphatic carbocycles. The van der Waals surface area contributed by atoms with Gasteiger partial charge in [-0.3, -0.25) is 4.68 Å². The number of aryl methyl sites for hydroxylation is 1. The fraction of sp³-hybridized carbons (Fsp3) is 0.667. The smallest absolute Gasteiger partial charge is 0.137 e. The predicted octanol–water partition coefficient (Wildman–Crippen LogP) is 0.0670. The van der Waals surface area contributed by atoms with Crippen LogP contribution in [0.4, 0.5) is 0 Å². The maximum atomic E-state index is 5.05. The summed E-state index contributed by atoms with van der Waals surface area (Å²) in [6.07, 6.45) is 4.82. The van der Waals surface area contributed by atoms with E-state index in [1.54, 1.807) is 12.7 Å². The fourth-order valence-corrected chi connectivity index (χ4v) is 0.859. The van der Waals surface area contributed by atoms with Crippen LogP contribution >= 0.6 is 0 Å². The lowest BCUT2D eigenvalue weighted by Crippen LogP contribution is -2.00. The summed E-state index contributed by atoms with van der Waals surface area (Å²) < 4.78 is 6.87. The summed E-state index contributed by atoms with van der Waals surface area (Å²) in [7, 11) is 0. The van der Waals surface area contributed by atoms with Crippen molar-refractivity contribution in [1.29, 1.82) is 0 Å². The van der Waals surface area contributed by atoms with E-state index < -0.39 is 0 Å². The first-order valence-electron chi connectivity index (χ1n) is 3.39. The lowest BCUT2D eigenvalue weighted by molar-refractivity contribution is 0.380. The van der Waals surface area contributed by atoms with Gasteiger partial charge in [-0.15, -0.1) is 0 Å². The molecule has 0 radical (unpaired) electrons. The largest absolute Gasteiger partial charge is 0.373 e. The Balaban J connectivity index is 1.79. The van der Waals surface area contributed by atoms with Gasteiger partial charge in [0, 0.05) is 6.54 Å². The highest BCUT2D eigenvalue weighted by molar-refractivity contribution is 4.69. The average Bonchev–Trinajstić information content (AvgIpc) is 2.63. The molecule has 0 aromatic carbocycles. The molecule has 1 aliphatic rings. The highest BCUT2D eigenvalue weighted by Crippen LogP contribution is 2.13. The van der Waals surface area contributed by atoms with Gasteiger partial charge in [-0.25, -0.2) is 4.98 Å². The zero-order chi connectivity index (χ0) is 6.81. The Morgan fingerprint density at radius 2 is 2.60 bits per heavy atom. The Kier molecular flexibility index (Phi) is 1.39. The van der Waals surface area contributed by atoms with Crippen LogP contribution in [0.25, 0.3) is 0 Å². The zero-order valence-electron chi connectivity index (χ0n) is 5.60. The van der Waals surface area contributed by atoms with E-state index in [1.807, 2.05) is 4.68 Å². The fourth-order valence-electron chi connectivity index (χ4n) is 0.859. The molecular weight excluding hydrogens is 130 g/mol. The third-order valence-corrected chi connectivity index (χ3v) is 1.55. The zero-order valence-corrected chi connectivity index (χ0v) is 5.60. The highest BCUT2D eigenvalue weighted by Gasteiger charge is 2.21. The number of aromatic nitrogens is 3.